The van der Waals surface area contributed by atoms with Crippen LogP contribution in [-0.2, 0) is 10.8 Å². The summed E-state index contributed by atoms with van der Waals surface area (Å²) in [4.78, 5) is 10.2. The third-order valence-corrected chi connectivity index (χ3v) is 13.6. The summed E-state index contributed by atoms with van der Waals surface area (Å²) in [5, 5.41) is 0. The average molecular weight is 771 g/mol. The van der Waals surface area contributed by atoms with Gasteiger partial charge in [0.25, 0.3) is 0 Å². The van der Waals surface area contributed by atoms with Crippen LogP contribution in [0.1, 0.15) is 55.9 Å². The molecule has 2 heteroatoms. The van der Waals surface area contributed by atoms with E-state index in [0.717, 1.165) is 28.1 Å². The maximum atomic E-state index is 5.10. The number of benzene rings is 7. The molecule has 0 amide bonds. The molecule has 2 unspecified atom stereocenters. The fourth-order valence-corrected chi connectivity index (χ4v) is 10.3. The van der Waals surface area contributed by atoms with Crippen molar-refractivity contribution in [3.8, 4) is 67.3 Å². The Morgan fingerprint density at radius 1 is 0.400 bits per heavy atom. The molecule has 0 N–H and O–H groups in total. The fraction of sp³-hybridized carbons (Fsp3) is 0.138. The van der Waals surface area contributed by atoms with Gasteiger partial charge in [0.05, 0.1) is 11.4 Å². The van der Waals surface area contributed by atoms with Crippen molar-refractivity contribution in [2.45, 2.75) is 44.4 Å². The fourth-order valence-electron chi connectivity index (χ4n) is 10.3. The zero-order chi connectivity index (χ0) is 40.6. The van der Waals surface area contributed by atoms with Crippen molar-refractivity contribution in [1.29, 1.82) is 0 Å². The van der Waals surface area contributed by atoms with E-state index in [1.807, 2.05) is 18.2 Å². The predicted molar refractivity (Wildman–Crippen MR) is 249 cm³/mol. The van der Waals surface area contributed by atoms with Crippen LogP contribution in [0, 0.1) is 5.92 Å². The molecule has 1 aromatic heterocycles. The van der Waals surface area contributed by atoms with Crippen LogP contribution in [0.15, 0.2) is 200 Å². The number of aromatic nitrogens is 2. The summed E-state index contributed by atoms with van der Waals surface area (Å²) in [6, 6.07) is 65.6. The minimum atomic E-state index is -0.0464. The molecular formula is C58H46N2. The van der Waals surface area contributed by atoms with Crippen LogP contribution in [-0.4, -0.2) is 9.97 Å². The normalized spacial score (nSPS) is 17.8. The Morgan fingerprint density at radius 2 is 0.900 bits per heavy atom. The molecule has 2 nitrogen and oxygen atoms in total. The Hall–Kier alpha value is -6.90. The molecule has 0 radical (unpaired) electrons. The second-order valence-corrected chi connectivity index (χ2v) is 17.8. The van der Waals surface area contributed by atoms with Gasteiger partial charge in [-0.15, -0.1) is 0 Å². The van der Waals surface area contributed by atoms with E-state index >= 15 is 0 Å². The Morgan fingerprint density at radius 3 is 1.57 bits per heavy atom. The van der Waals surface area contributed by atoms with Gasteiger partial charge in [-0.05, 0) is 96.3 Å². The van der Waals surface area contributed by atoms with Gasteiger partial charge in [0.2, 0.25) is 0 Å². The summed E-state index contributed by atoms with van der Waals surface area (Å²) in [6.45, 7) is 9.67. The van der Waals surface area contributed by atoms with Gasteiger partial charge < -0.3 is 0 Å². The first-order chi connectivity index (χ1) is 29.2. The monoisotopic (exact) mass is 770 g/mol. The number of hydrogen-bond acceptors (Lipinski definition) is 2. The highest BCUT2D eigenvalue weighted by Crippen LogP contribution is 2.60. The second-order valence-electron chi connectivity index (χ2n) is 17.8. The molecule has 0 aliphatic heterocycles. The van der Waals surface area contributed by atoms with E-state index in [-0.39, 0.29) is 10.8 Å². The van der Waals surface area contributed by atoms with Gasteiger partial charge in [0.15, 0.2) is 5.82 Å². The largest absolute Gasteiger partial charge is 0.228 e. The van der Waals surface area contributed by atoms with Crippen molar-refractivity contribution in [1.82, 2.24) is 9.97 Å². The zero-order valence-corrected chi connectivity index (χ0v) is 34.5. The molecule has 8 aromatic rings. The highest BCUT2D eigenvalue weighted by molar-refractivity contribution is 5.93. The molecule has 0 fully saturated rings. The number of nitrogens with zero attached hydrogens (tertiary/aromatic N) is 2. The minimum absolute atomic E-state index is 0.0464. The lowest BCUT2D eigenvalue weighted by Gasteiger charge is -2.33. The predicted octanol–water partition coefficient (Wildman–Crippen LogP) is 14.8. The van der Waals surface area contributed by atoms with Crippen LogP contribution in [0.25, 0.3) is 72.9 Å². The number of fused-ring (bicyclic) bond motifs is 6. The van der Waals surface area contributed by atoms with E-state index < -0.39 is 0 Å². The standard InChI is InChI=1S/C58H46N2/c1-57(2)50-21-12-11-20-46(50)48-34-53-49(35-52(48)57)47-33-45(30-31-51(47)58(53,3)4)44-19-13-18-43(32-44)39-24-28-41(29-25-39)55-36-54(59-56(60-55)42-16-9-6-10-17-42)40-26-22-38(23-27-40)37-14-7-5-8-15-37/h5-36,48,52H,1-4H3. The maximum Gasteiger partial charge on any atom is 0.160 e. The van der Waals surface area contributed by atoms with Gasteiger partial charge in [-0.25, -0.2) is 9.97 Å². The zero-order valence-electron chi connectivity index (χ0n) is 34.5. The Balaban J connectivity index is 0.910. The molecular weight excluding hydrogens is 725 g/mol. The molecule has 3 aliphatic carbocycles. The first-order valence-electron chi connectivity index (χ1n) is 21.2. The van der Waals surface area contributed by atoms with Crippen molar-refractivity contribution < 1.29 is 0 Å². The number of rotatable bonds is 6. The second kappa shape index (κ2) is 13.9. The SMILES string of the molecule is CC1(C)C2=CC3c4ccccc4C(C)(C)C3C=C2c2cc(-c3cccc(-c4ccc(-c5cc(-c6ccc(-c7ccccc7)cc6)nc(-c6ccccc6)n5)cc4)c3)ccc21. The quantitative estimate of drug-likeness (QED) is 0.168. The summed E-state index contributed by atoms with van der Waals surface area (Å²) in [5.74, 6) is 1.58. The Bertz CT molecular complexity index is 3000. The van der Waals surface area contributed by atoms with Gasteiger partial charge >= 0.3 is 0 Å². The van der Waals surface area contributed by atoms with E-state index in [0.29, 0.717) is 17.7 Å². The maximum absolute atomic E-state index is 5.10. The van der Waals surface area contributed by atoms with Crippen LogP contribution < -0.4 is 0 Å². The topological polar surface area (TPSA) is 25.8 Å². The molecule has 0 saturated carbocycles. The molecule has 0 saturated heterocycles. The molecule has 60 heavy (non-hydrogen) atoms. The van der Waals surface area contributed by atoms with Gasteiger partial charge in [0.1, 0.15) is 0 Å². The van der Waals surface area contributed by atoms with Crippen LogP contribution in [0.4, 0.5) is 0 Å². The van der Waals surface area contributed by atoms with Gasteiger partial charge in [0, 0.05) is 28.0 Å². The molecule has 0 spiro atoms. The molecule has 3 aliphatic rings. The van der Waals surface area contributed by atoms with Gasteiger partial charge in [-0.3, -0.25) is 0 Å². The summed E-state index contributed by atoms with van der Waals surface area (Å²) in [5.41, 5.74) is 20.9. The number of hydrogen-bond donors (Lipinski definition) is 0. The molecule has 7 aromatic carbocycles. The molecule has 11 rings (SSSR count). The van der Waals surface area contributed by atoms with Crippen LogP contribution in [0.2, 0.25) is 0 Å². The molecule has 2 atom stereocenters. The minimum Gasteiger partial charge on any atom is -0.228 e. The van der Waals surface area contributed by atoms with Crippen molar-refractivity contribution in [2.75, 3.05) is 0 Å². The highest BCUT2D eigenvalue weighted by Gasteiger charge is 2.49. The lowest BCUT2D eigenvalue weighted by atomic mass is 9.70. The molecule has 1 heterocycles. The van der Waals surface area contributed by atoms with Crippen LogP contribution in [0.5, 0.6) is 0 Å². The van der Waals surface area contributed by atoms with E-state index in [9.17, 15) is 0 Å². The van der Waals surface area contributed by atoms with Crippen molar-refractivity contribution >= 4 is 5.57 Å². The molecule has 0 bridgehead atoms. The van der Waals surface area contributed by atoms with E-state index in [1.54, 1.807) is 0 Å². The van der Waals surface area contributed by atoms with Crippen molar-refractivity contribution in [3.05, 3.63) is 222 Å². The third-order valence-electron chi connectivity index (χ3n) is 13.6. The van der Waals surface area contributed by atoms with Crippen LogP contribution in [0.3, 0.4) is 0 Å². The summed E-state index contributed by atoms with van der Waals surface area (Å²) >= 11 is 0. The highest BCUT2D eigenvalue weighted by atomic mass is 14.9. The summed E-state index contributed by atoms with van der Waals surface area (Å²) in [7, 11) is 0. The Kier molecular flexibility index (Phi) is 8.36. The number of allylic oxidation sites excluding steroid dienone is 4. The van der Waals surface area contributed by atoms with E-state index in [2.05, 4.69) is 204 Å². The summed E-state index contributed by atoms with van der Waals surface area (Å²) < 4.78 is 0. The van der Waals surface area contributed by atoms with Gasteiger partial charge in [-0.1, -0.05) is 204 Å². The van der Waals surface area contributed by atoms with Crippen LogP contribution >= 0.6 is 0 Å². The van der Waals surface area contributed by atoms with Crippen molar-refractivity contribution in [2.24, 2.45) is 5.92 Å². The Labute approximate surface area is 353 Å². The van der Waals surface area contributed by atoms with E-state index in [4.69, 9.17) is 9.97 Å². The first kappa shape index (κ1) is 36.2. The smallest absolute Gasteiger partial charge is 0.160 e. The molecule has 288 valence electrons. The lowest BCUT2D eigenvalue weighted by molar-refractivity contribution is 0.393. The summed E-state index contributed by atoms with van der Waals surface area (Å²) in [6.07, 6.45) is 5.24. The third kappa shape index (κ3) is 5.93. The van der Waals surface area contributed by atoms with Crippen molar-refractivity contribution in [3.63, 3.8) is 0 Å². The van der Waals surface area contributed by atoms with E-state index in [1.165, 1.54) is 66.8 Å². The average Bonchev–Trinajstić information content (AvgIpc) is 3.67. The lowest BCUT2D eigenvalue weighted by Crippen LogP contribution is -2.27. The first-order valence-corrected chi connectivity index (χ1v) is 21.2. The van der Waals surface area contributed by atoms with Gasteiger partial charge in [-0.2, -0.15) is 0 Å².